The number of piperidine rings is 1. The molecule has 1 aromatic carbocycles. The van der Waals surface area contributed by atoms with E-state index in [0.29, 0.717) is 5.69 Å². The zero-order valence-corrected chi connectivity index (χ0v) is 14.7. The standard InChI is InChI=1S/C14H13N3O4.C4H10/c1-15-7-2-3-8-9(6-7)14(21)17(13(8)20)10-4-5-11(18)16-12(10)19;1-3-4-2/h2-3,6,10,15H,4-5H2,1H3,(H,16,18,19);3-4H2,1-2H3. The van der Waals surface area contributed by atoms with Gasteiger partial charge in [-0.3, -0.25) is 29.4 Å². The summed E-state index contributed by atoms with van der Waals surface area (Å²) in [6, 6.07) is 3.92. The molecule has 25 heavy (non-hydrogen) atoms. The predicted octanol–water partition coefficient (Wildman–Crippen LogP) is 1.94. The van der Waals surface area contributed by atoms with Crippen molar-refractivity contribution in [1.82, 2.24) is 10.2 Å². The van der Waals surface area contributed by atoms with Crippen molar-refractivity contribution in [3.05, 3.63) is 29.3 Å². The van der Waals surface area contributed by atoms with Crippen LogP contribution in [0.1, 0.15) is 60.2 Å². The summed E-state index contributed by atoms with van der Waals surface area (Å²) in [5.41, 5.74) is 1.26. The summed E-state index contributed by atoms with van der Waals surface area (Å²) in [7, 11) is 1.71. The van der Waals surface area contributed by atoms with E-state index in [1.165, 1.54) is 12.8 Å². The van der Waals surface area contributed by atoms with Crippen molar-refractivity contribution in [3.8, 4) is 0 Å². The molecular weight excluding hydrogens is 322 g/mol. The second-order valence-corrected chi connectivity index (χ2v) is 5.96. The number of anilines is 1. The van der Waals surface area contributed by atoms with Crippen LogP contribution >= 0.6 is 0 Å². The van der Waals surface area contributed by atoms with Crippen molar-refractivity contribution < 1.29 is 19.2 Å². The first-order valence-electron chi connectivity index (χ1n) is 8.47. The molecule has 134 valence electrons. The third-order valence-electron chi connectivity index (χ3n) is 4.23. The number of carbonyl (C=O) groups is 4. The van der Waals surface area contributed by atoms with Gasteiger partial charge in [0.25, 0.3) is 11.8 Å². The van der Waals surface area contributed by atoms with Gasteiger partial charge in [-0.1, -0.05) is 26.7 Å². The number of imide groups is 2. The van der Waals surface area contributed by atoms with E-state index in [1.54, 1.807) is 25.2 Å². The molecule has 0 aromatic heterocycles. The van der Waals surface area contributed by atoms with E-state index >= 15 is 0 Å². The van der Waals surface area contributed by atoms with Crippen LogP contribution in [0.3, 0.4) is 0 Å². The fourth-order valence-corrected chi connectivity index (χ4v) is 2.63. The normalized spacial score (nSPS) is 19.2. The van der Waals surface area contributed by atoms with Gasteiger partial charge in [0.2, 0.25) is 11.8 Å². The lowest BCUT2D eigenvalue weighted by molar-refractivity contribution is -0.136. The summed E-state index contributed by atoms with van der Waals surface area (Å²) in [6.07, 6.45) is 2.92. The Morgan fingerprint density at radius 1 is 1.08 bits per heavy atom. The van der Waals surface area contributed by atoms with Crippen molar-refractivity contribution in [1.29, 1.82) is 0 Å². The van der Waals surface area contributed by atoms with Crippen molar-refractivity contribution in [2.45, 2.75) is 45.6 Å². The number of benzene rings is 1. The molecule has 7 heteroatoms. The minimum Gasteiger partial charge on any atom is -0.388 e. The number of hydrogen-bond donors (Lipinski definition) is 2. The molecule has 7 nitrogen and oxygen atoms in total. The van der Waals surface area contributed by atoms with Crippen LogP contribution in [-0.4, -0.2) is 41.6 Å². The van der Waals surface area contributed by atoms with Crippen LogP contribution in [0.2, 0.25) is 0 Å². The predicted molar refractivity (Wildman–Crippen MR) is 93.2 cm³/mol. The molecule has 0 bridgehead atoms. The number of nitrogens with one attached hydrogen (secondary N) is 2. The molecule has 1 unspecified atom stereocenters. The van der Waals surface area contributed by atoms with Crippen molar-refractivity contribution in [2.75, 3.05) is 12.4 Å². The quantitative estimate of drug-likeness (QED) is 0.816. The van der Waals surface area contributed by atoms with Crippen molar-refractivity contribution in [3.63, 3.8) is 0 Å². The van der Waals surface area contributed by atoms with Gasteiger partial charge in [-0.15, -0.1) is 0 Å². The highest BCUT2D eigenvalue weighted by molar-refractivity contribution is 6.23. The Bertz CT molecular complexity index is 712. The Morgan fingerprint density at radius 2 is 1.72 bits per heavy atom. The van der Waals surface area contributed by atoms with Crippen LogP contribution in [0.15, 0.2) is 18.2 Å². The summed E-state index contributed by atoms with van der Waals surface area (Å²) >= 11 is 0. The number of fused-ring (bicyclic) bond motifs is 1. The molecule has 1 atom stereocenters. The molecule has 2 heterocycles. The van der Waals surface area contributed by atoms with Gasteiger partial charge in [-0.05, 0) is 24.6 Å². The molecule has 0 spiro atoms. The summed E-state index contributed by atoms with van der Waals surface area (Å²) in [5, 5.41) is 5.06. The minimum absolute atomic E-state index is 0.117. The van der Waals surface area contributed by atoms with E-state index in [1.807, 2.05) is 0 Å². The minimum atomic E-state index is -0.923. The van der Waals surface area contributed by atoms with Gasteiger partial charge in [0.15, 0.2) is 0 Å². The molecule has 2 aliphatic heterocycles. The maximum absolute atomic E-state index is 12.4. The van der Waals surface area contributed by atoms with Crippen LogP contribution in [0, 0.1) is 0 Å². The van der Waals surface area contributed by atoms with E-state index < -0.39 is 23.8 Å². The van der Waals surface area contributed by atoms with Gasteiger partial charge in [-0.2, -0.15) is 0 Å². The Hall–Kier alpha value is -2.70. The van der Waals surface area contributed by atoms with E-state index in [9.17, 15) is 19.2 Å². The second kappa shape index (κ2) is 7.92. The second-order valence-electron chi connectivity index (χ2n) is 5.96. The largest absolute Gasteiger partial charge is 0.388 e. The van der Waals surface area contributed by atoms with Crippen LogP contribution in [0.5, 0.6) is 0 Å². The van der Waals surface area contributed by atoms with E-state index in [2.05, 4.69) is 24.5 Å². The van der Waals surface area contributed by atoms with Gasteiger partial charge in [0.1, 0.15) is 6.04 Å². The number of rotatable bonds is 3. The highest BCUT2D eigenvalue weighted by Gasteiger charge is 2.44. The number of unbranched alkanes of at least 4 members (excludes halogenated alkanes) is 1. The monoisotopic (exact) mass is 345 g/mol. The first-order valence-corrected chi connectivity index (χ1v) is 8.47. The van der Waals surface area contributed by atoms with Crippen LogP contribution in [0.25, 0.3) is 0 Å². The Labute approximate surface area is 146 Å². The average Bonchev–Trinajstić information content (AvgIpc) is 2.86. The highest BCUT2D eigenvalue weighted by Crippen LogP contribution is 2.29. The number of hydrogen-bond acceptors (Lipinski definition) is 5. The summed E-state index contributed by atoms with van der Waals surface area (Å²) < 4.78 is 0. The third kappa shape index (κ3) is 3.70. The fraction of sp³-hybridized carbons (Fsp3) is 0.444. The van der Waals surface area contributed by atoms with Crippen LogP contribution in [-0.2, 0) is 9.59 Å². The lowest BCUT2D eigenvalue weighted by atomic mass is 10.0. The molecule has 1 aromatic rings. The van der Waals surface area contributed by atoms with Gasteiger partial charge < -0.3 is 5.32 Å². The molecular formula is C18H23N3O4. The van der Waals surface area contributed by atoms with Gasteiger partial charge in [0.05, 0.1) is 11.1 Å². The van der Waals surface area contributed by atoms with Crippen molar-refractivity contribution >= 4 is 29.3 Å². The third-order valence-corrected chi connectivity index (χ3v) is 4.23. The van der Waals surface area contributed by atoms with Crippen molar-refractivity contribution in [2.24, 2.45) is 0 Å². The summed E-state index contributed by atoms with van der Waals surface area (Å²) in [4.78, 5) is 48.8. The Morgan fingerprint density at radius 3 is 2.28 bits per heavy atom. The highest BCUT2D eigenvalue weighted by atomic mass is 16.2. The van der Waals surface area contributed by atoms with Gasteiger partial charge in [-0.25, -0.2) is 0 Å². The lowest BCUT2D eigenvalue weighted by Crippen LogP contribution is -2.54. The maximum atomic E-state index is 12.4. The molecule has 1 fully saturated rings. The van der Waals surface area contributed by atoms with Gasteiger partial charge in [0, 0.05) is 19.2 Å². The SMILES string of the molecule is CCCC.CNc1ccc2c(c1)C(=O)N(C1CCC(=O)NC1=O)C2=O. The Kier molecular flexibility index (Phi) is 5.90. The number of nitrogens with zero attached hydrogens (tertiary/aromatic N) is 1. The summed E-state index contributed by atoms with van der Waals surface area (Å²) in [6.45, 7) is 4.36. The molecule has 0 aliphatic carbocycles. The molecule has 1 saturated heterocycles. The molecule has 0 radical (unpaired) electrons. The average molecular weight is 345 g/mol. The molecule has 4 amide bonds. The number of carbonyl (C=O) groups excluding carboxylic acids is 4. The maximum Gasteiger partial charge on any atom is 0.262 e. The first-order chi connectivity index (χ1) is 11.9. The van der Waals surface area contributed by atoms with Gasteiger partial charge >= 0.3 is 0 Å². The first kappa shape index (κ1) is 18.6. The smallest absolute Gasteiger partial charge is 0.262 e. The molecule has 2 N–H and O–H groups in total. The number of amides is 4. The lowest BCUT2D eigenvalue weighted by Gasteiger charge is -2.27. The molecule has 3 rings (SSSR count). The van der Waals surface area contributed by atoms with Crippen LogP contribution in [0.4, 0.5) is 5.69 Å². The Balaban J connectivity index is 0.000000511. The van der Waals surface area contributed by atoms with E-state index in [0.717, 1.165) is 4.90 Å². The molecule has 0 saturated carbocycles. The van der Waals surface area contributed by atoms with Crippen LogP contribution < -0.4 is 10.6 Å². The van der Waals surface area contributed by atoms with E-state index in [4.69, 9.17) is 0 Å². The fourth-order valence-electron chi connectivity index (χ4n) is 2.63. The zero-order valence-electron chi connectivity index (χ0n) is 14.7. The topological polar surface area (TPSA) is 95.6 Å². The van der Waals surface area contributed by atoms with E-state index in [-0.39, 0.29) is 29.9 Å². The summed E-state index contributed by atoms with van der Waals surface area (Å²) in [5.74, 6) is -1.98. The zero-order chi connectivity index (χ0) is 18.6. The molecule has 2 aliphatic rings.